The van der Waals surface area contributed by atoms with Crippen LogP contribution in [0.15, 0.2) is 61.8 Å². The Morgan fingerprint density at radius 1 is 1.28 bits per heavy atom. The number of pyridine rings is 2. The first-order chi connectivity index (χ1) is 15.6. The molecular weight excluding hydrogens is 404 g/mol. The van der Waals surface area contributed by atoms with Gasteiger partial charge < -0.3 is 10.6 Å². The van der Waals surface area contributed by atoms with Crippen LogP contribution in [-0.4, -0.2) is 43.8 Å². The van der Waals surface area contributed by atoms with Gasteiger partial charge in [-0.05, 0) is 18.2 Å². The van der Waals surface area contributed by atoms with Gasteiger partial charge in [-0.15, -0.1) is 6.58 Å². The van der Waals surface area contributed by atoms with Crippen LogP contribution in [0.25, 0.3) is 27.8 Å². The van der Waals surface area contributed by atoms with Gasteiger partial charge in [-0.25, -0.2) is 9.50 Å². The molecule has 0 saturated heterocycles. The summed E-state index contributed by atoms with van der Waals surface area (Å²) in [6.45, 7) is 6.45. The molecule has 1 unspecified atom stereocenters. The number of anilines is 1. The normalized spacial score (nSPS) is 11.6. The minimum atomic E-state index is -0.219. The molecule has 9 nitrogen and oxygen atoms in total. The highest BCUT2D eigenvalue weighted by atomic mass is 16.1. The molecule has 3 N–H and O–H groups in total. The maximum absolute atomic E-state index is 11.8. The summed E-state index contributed by atoms with van der Waals surface area (Å²) in [5.41, 5.74) is 4.76. The zero-order valence-corrected chi connectivity index (χ0v) is 17.5. The van der Waals surface area contributed by atoms with Crippen LogP contribution < -0.4 is 10.6 Å². The number of nitriles is 1. The van der Waals surface area contributed by atoms with Gasteiger partial charge in [-0.1, -0.05) is 13.0 Å². The fraction of sp³-hybridized carbons (Fsp3) is 0.174. The standard InChI is InChI=1S/C23H22N8O/c1-3-15(2)23(32)26-7-6-25-21-5-4-16(10-27-21)20-8-17(19-11-28-29-12-19)14-31-22(20)18(9-24)13-30-31/h3-5,8,10-15H,1,6-7H2,2H3,(H,25,27)(H,26,32)(H,28,29). The Morgan fingerprint density at radius 3 is 2.84 bits per heavy atom. The number of hydrogen-bond acceptors (Lipinski definition) is 6. The second-order valence-corrected chi connectivity index (χ2v) is 7.27. The smallest absolute Gasteiger partial charge is 0.226 e. The predicted molar refractivity (Wildman–Crippen MR) is 122 cm³/mol. The number of amides is 1. The number of carbonyl (C=O) groups is 1. The number of carbonyl (C=O) groups excluding carboxylic acids is 1. The molecule has 9 heteroatoms. The van der Waals surface area contributed by atoms with Gasteiger partial charge in [0.25, 0.3) is 0 Å². The molecule has 4 aromatic rings. The van der Waals surface area contributed by atoms with Crippen LogP contribution in [0.5, 0.6) is 0 Å². The van der Waals surface area contributed by atoms with Gasteiger partial charge in [0.05, 0.1) is 29.4 Å². The quantitative estimate of drug-likeness (QED) is 0.294. The van der Waals surface area contributed by atoms with Crippen molar-refractivity contribution in [3.8, 4) is 28.3 Å². The molecule has 4 rings (SSSR count). The zero-order valence-electron chi connectivity index (χ0n) is 17.5. The van der Waals surface area contributed by atoms with Crippen LogP contribution in [0.4, 0.5) is 5.82 Å². The third kappa shape index (κ3) is 4.20. The van der Waals surface area contributed by atoms with Crippen molar-refractivity contribution in [3.63, 3.8) is 0 Å². The average Bonchev–Trinajstić information content (AvgIpc) is 3.51. The SMILES string of the molecule is C=CC(C)C(=O)NCCNc1ccc(-c2cc(-c3cn[nH]c3)cn3ncc(C#N)c23)cn1. The summed E-state index contributed by atoms with van der Waals surface area (Å²) < 4.78 is 1.70. The molecule has 0 aliphatic carbocycles. The van der Waals surface area contributed by atoms with Crippen molar-refractivity contribution in [1.82, 2.24) is 30.1 Å². The predicted octanol–water partition coefficient (Wildman–Crippen LogP) is 3.01. The molecule has 0 spiro atoms. The van der Waals surface area contributed by atoms with E-state index in [1.54, 1.807) is 42.3 Å². The summed E-state index contributed by atoms with van der Waals surface area (Å²) in [6, 6.07) is 8.02. The Kier molecular flexibility index (Phi) is 5.94. The number of aromatic nitrogens is 5. The molecule has 0 bridgehead atoms. The maximum Gasteiger partial charge on any atom is 0.226 e. The van der Waals surface area contributed by atoms with E-state index in [1.165, 1.54) is 0 Å². The first-order valence-corrected chi connectivity index (χ1v) is 10.1. The lowest BCUT2D eigenvalue weighted by atomic mass is 10.0. The van der Waals surface area contributed by atoms with Gasteiger partial charge in [0.15, 0.2) is 0 Å². The van der Waals surface area contributed by atoms with Crippen molar-refractivity contribution in [2.45, 2.75) is 6.92 Å². The monoisotopic (exact) mass is 426 g/mol. The average molecular weight is 426 g/mol. The number of rotatable bonds is 8. The molecule has 4 aromatic heterocycles. The first kappa shape index (κ1) is 20.8. The topological polar surface area (TPSA) is 124 Å². The number of nitrogens with zero attached hydrogens (tertiary/aromatic N) is 5. The summed E-state index contributed by atoms with van der Waals surface area (Å²) in [7, 11) is 0. The summed E-state index contributed by atoms with van der Waals surface area (Å²) >= 11 is 0. The Morgan fingerprint density at radius 2 is 2.16 bits per heavy atom. The molecule has 32 heavy (non-hydrogen) atoms. The molecule has 0 aliphatic heterocycles. The minimum absolute atomic E-state index is 0.0549. The third-order valence-electron chi connectivity index (χ3n) is 5.14. The van der Waals surface area contributed by atoms with E-state index < -0.39 is 0 Å². The summed E-state index contributed by atoms with van der Waals surface area (Å²) in [5, 5.41) is 26.7. The fourth-order valence-corrected chi connectivity index (χ4v) is 3.29. The molecule has 0 aliphatic rings. The van der Waals surface area contributed by atoms with Gasteiger partial charge in [0.2, 0.25) is 5.91 Å². The van der Waals surface area contributed by atoms with E-state index in [0.717, 1.165) is 27.8 Å². The Hall–Kier alpha value is -4.45. The Labute approximate surface area is 184 Å². The van der Waals surface area contributed by atoms with Crippen molar-refractivity contribution in [3.05, 3.63) is 67.4 Å². The van der Waals surface area contributed by atoms with E-state index in [4.69, 9.17) is 0 Å². The summed E-state index contributed by atoms with van der Waals surface area (Å²) in [6.07, 6.45) is 10.3. The lowest BCUT2D eigenvalue weighted by molar-refractivity contribution is -0.123. The van der Waals surface area contributed by atoms with Crippen LogP contribution in [0.2, 0.25) is 0 Å². The van der Waals surface area contributed by atoms with Crippen molar-refractivity contribution in [2.75, 3.05) is 18.4 Å². The number of hydrogen-bond donors (Lipinski definition) is 3. The Balaban J connectivity index is 1.55. The van der Waals surface area contributed by atoms with Crippen LogP contribution in [-0.2, 0) is 4.79 Å². The van der Waals surface area contributed by atoms with E-state index in [9.17, 15) is 10.1 Å². The van der Waals surface area contributed by atoms with E-state index in [0.29, 0.717) is 24.5 Å². The minimum Gasteiger partial charge on any atom is -0.368 e. The second-order valence-electron chi connectivity index (χ2n) is 7.27. The van der Waals surface area contributed by atoms with E-state index >= 15 is 0 Å². The summed E-state index contributed by atoms with van der Waals surface area (Å²) in [5.74, 6) is 0.417. The van der Waals surface area contributed by atoms with Gasteiger partial charge >= 0.3 is 0 Å². The van der Waals surface area contributed by atoms with Crippen molar-refractivity contribution in [2.24, 2.45) is 5.92 Å². The maximum atomic E-state index is 11.8. The van der Waals surface area contributed by atoms with Gasteiger partial charge in [0.1, 0.15) is 11.9 Å². The molecule has 0 aromatic carbocycles. The van der Waals surface area contributed by atoms with Gasteiger partial charge in [0, 0.05) is 53.9 Å². The van der Waals surface area contributed by atoms with E-state index in [1.807, 2.05) is 24.4 Å². The molecule has 1 amide bonds. The number of fused-ring (bicyclic) bond motifs is 1. The van der Waals surface area contributed by atoms with Crippen LogP contribution in [0.3, 0.4) is 0 Å². The van der Waals surface area contributed by atoms with Crippen LogP contribution in [0, 0.1) is 17.2 Å². The highest BCUT2D eigenvalue weighted by Gasteiger charge is 2.14. The Bertz CT molecular complexity index is 1280. The molecule has 0 fully saturated rings. The van der Waals surface area contributed by atoms with Gasteiger partial charge in [-0.3, -0.25) is 9.89 Å². The third-order valence-corrected chi connectivity index (χ3v) is 5.14. The highest BCUT2D eigenvalue weighted by Crippen LogP contribution is 2.31. The highest BCUT2D eigenvalue weighted by molar-refractivity contribution is 5.87. The fourth-order valence-electron chi connectivity index (χ4n) is 3.29. The van der Waals surface area contributed by atoms with Crippen molar-refractivity contribution in [1.29, 1.82) is 5.26 Å². The van der Waals surface area contributed by atoms with Crippen LogP contribution >= 0.6 is 0 Å². The largest absolute Gasteiger partial charge is 0.368 e. The molecule has 1 atom stereocenters. The van der Waals surface area contributed by atoms with Gasteiger partial charge in [-0.2, -0.15) is 15.5 Å². The second kappa shape index (κ2) is 9.14. The number of H-pyrrole nitrogens is 1. The molecule has 160 valence electrons. The lowest BCUT2D eigenvalue weighted by Gasteiger charge is -2.11. The molecule has 0 radical (unpaired) electrons. The lowest BCUT2D eigenvalue weighted by Crippen LogP contribution is -2.32. The zero-order chi connectivity index (χ0) is 22.5. The molecule has 0 saturated carbocycles. The first-order valence-electron chi connectivity index (χ1n) is 10.1. The van der Waals surface area contributed by atoms with Crippen molar-refractivity contribution < 1.29 is 4.79 Å². The van der Waals surface area contributed by atoms with E-state index in [2.05, 4.69) is 43.6 Å². The van der Waals surface area contributed by atoms with Crippen LogP contribution in [0.1, 0.15) is 12.5 Å². The summed E-state index contributed by atoms with van der Waals surface area (Å²) in [4.78, 5) is 16.3. The number of nitrogens with one attached hydrogen (secondary N) is 3. The molecule has 4 heterocycles. The molecular formula is C23H22N8O. The van der Waals surface area contributed by atoms with E-state index in [-0.39, 0.29) is 11.8 Å². The number of aromatic amines is 1. The van der Waals surface area contributed by atoms with Crippen molar-refractivity contribution >= 4 is 17.2 Å².